The summed E-state index contributed by atoms with van der Waals surface area (Å²) in [6.45, 7) is 1.68. The molecule has 0 saturated heterocycles. The summed E-state index contributed by atoms with van der Waals surface area (Å²) in [6.07, 6.45) is 0. The molecule has 0 bridgehead atoms. The molecule has 0 unspecified atom stereocenters. The first-order valence-electron chi connectivity index (χ1n) is 4.38. The molecule has 0 atom stereocenters. The average Bonchev–Trinajstić information content (AvgIpc) is 2.65. The zero-order chi connectivity index (χ0) is 10.8. The number of rotatable bonds is 2. The van der Waals surface area contributed by atoms with Gasteiger partial charge in [0.1, 0.15) is 0 Å². The molecule has 15 heavy (non-hydrogen) atoms. The van der Waals surface area contributed by atoms with E-state index in [1.807, 2.05) is 0 Å². The highest BCUT2D eigenvalue weighted by Crippen LogP contribution is 2.19. The zero-order valence-corrected chi connectivity index (χ0v) is 8.10. The lowest BCUT2D eigenvalue weighted by Crippen LogP contribution is -2.12. The summed E-state index contributed by atoms with van der Waals surface area (Å²) in [6, 6.07) is 6.87. The summed E-state index contributed by atoms with van der Waals surface area (Å²) in [4.78, 5) is 15.2. The van der Waals surface area contributed by atoms with Gasteiger partial charge in [0.2, 0.25) is 17.6 Å². The Morgan fingerprint density at radius 3 is 2.73 bits per heavy atom. The van der Waals surface area contributed by atoms with Crippen LogP contribution in [0.25, 0.3) is 11.4 Å². The fourth-order valence-corrected chi connectivity index (χ4v) is 1.30. The van der Waals surface area contributed by atoms with Gasteiger partial charge in [-0.1, -0.05) is 23.4 Å². The number of nitrogens with zero attached hydrogens (tertiary/aromatic N) is 2. The highest BCUT2D eigenvalue weighted by molar-refractivity contribution is 5.98. The maximum absolute atomic E-state index is 11.1. The van der Waals surface area contributed by atoms with Crippen LogP contribution in [0, 0.1) is 6.92 Å². The summed E-state index contributed by atoms with van der Waals surface area (Å²) in [5, 5.41) is 3.74. The maximum Gasteiger partial charge on any atom is 0.249 e. The molecule has 2 aromatic rings. The van der Waals surface area contributed by atoms with Crippen molar-refractivity contribution in [2.45, 2.75) is 6.92 Å². The van der Waals surface area contributed by atoms with E-state index in [4.69, 9.17) is 10.3 Å². The number of benzene rings is 1. The Labute approximate surface area is 85.9 Å². The lowest BCUT2D eigenvalue weighted by molar-refractivity contribution is 0.100. The van der Waals surface area contributed by atoms with Gasteiger partial charge >= 0.3 is 0 Å². The van der Waals surface area contributed by atoms with Gasteiger partial charge in [-0.15, -0.1) is 0 Å². The van der Waals surface area contributed by atoms with Crippen LogP contribution in [0.1, 0.15) is 16.2 Å². The van der Waals surface area contributed by atoms with E-state index >= 15 is 0 Å². The van der Waals surface area contributed by atoms with Crippen molar-refractivity contribution in [1.82, 2.24) is 10.1 Å². The van der Waals surface area contributed by atoms with Crippen molar-refractivity contribution in [2.75, 3.05) is 0 Å². The van der Waals surface area contributed by atoms with E-state index in [1.165, 1.54) is 0 Å². The monoisotopic (exact) mass is 203 g/mol. The minimum atomic E-state index is -0.506. The van der Waals surface area contributed by atoms with Gasteiger partial charge in [-0.25, -0.2) is 0 Å². The topological polar surface area (TPSA) is 82.0 Å². The van der Waals surface area contributed by atoms with Crippen molar-refractivity contribution in [3.8, 4) is 11.4 Å². The SMILES string of the molecule is Cc1nc(-c2ccccc2C(N)=O)no1. The summed E-state index contributed by atoms with van der Waals surface area (Å²) in [7, 11) is 0. The summed E-state index contributed by atoms with van der Waals surface area (Å²) in [5.41, 5.74) is 6.21. The van der Waals surface area contributed by atoms with Crippen molar-refractivity contribution in [1.29, 1.82) is 0 Å². The quantitative estimate of drug-likeness (QED) is 0.793. The van der Waals surface area contributed by atoms with E-state index < -0.39 is 5.91 Å². The Hall–Kier alpha value is -2.17. The Balaban J connectivity index is 2.57. The van der Waals surface area contributed by atoms with Crippen LogP contribution in [0.15, 0.2) is 28.8 Å². The molecular formula is C10H9N3O2. The fourth-order valence-electron chi connectivity index (χ4n) is 1.30. The largest absolute Gasteiger partial charge is 0.366 e. The molecule has 5 nitrogen and oxygen atoms in total. The number of hydrogen-bond acceptors (Lipinski definition) is 4. The van der Waals surface area contributed by atoms with Gasteiger partial charge in [-0.2, -0.15) is 4.98 Å². The zero-order valence-electron chi connectivity index (χ0n) is 8.10. The van der Waals surface area contributed by atoms with E-state index in [-0.39, 0.29) is 0 Å². The molecule has 1 aromatic carbocycles. The van der Waals surface area contributed by atoms with Gasteiger partial charge in [-0.05, 0) is 6.07 Å². The third-order valence-corrected chi connectivity index (χ3v) is 1.96. The number of amides is 1. The normalized spacial score (nSPS) is 10.2. The van der Waals surface area contributed by atoms with E-state index in [2.05, 4.69) is 10.1 Å². The van der Waals surface area contributed by atoms with Crippen LogP contribution < -0.4 is 5.73 Å². The Morgan fingerprint density at radius 2 is 2.13 bits per heavy atom. The van der Waals surface area contributed by atoms with Crippen LogP contribution in [0.3, 0.4) is 0 Å². The molecule has 1 heterocycles. The summed E-state index contributed by atoms with van der Waals surface area (Å²) in [5.74, 6) is 0.319. The van der Waals surface area contributed by atoms with E-state index in [0.717, 1.165) is 0 Å². The van der Waals surface area contributed by atoms with Crippen LogP contribution in [0.5, 0.6) is 0 Å². The maximum atomic E-state index is 11.1. The van der Waals surface area contributed by atoms with Crippen molar-refractivity contribution >= 4 is 5.91 Å². The molecule has 1 amide bonds. The van der Waals surface area contributed by atoms with Crippen LogP contribution >= 0.6 is 0 Å². The van der Waals surface area contributed by atoms with Crippen LogP contribution in [-0.4, -0.2) is 16.0 Å². The molecule has 0 aliphatic heterocycles. The van der Waals surface area contributed by atoms with Crippen LogP contribution in [0.4, 0.5) is 0 Å². The highest BCUT2D eigenvalue weighted by atomic mass is 16.5. The Bertz CT molecular complexity index is 505. The van der Waals surface area contributed by atoms with E-state index in [1.54, 1.807) is 31.2 Å². The second-order valence-corrected chi connectivity index (χ2v) is 3.05. The number of carbonyl (C=O) groups is 1. The van der Waals surface area contributed by atoms with Crippen molar-refractivity contribution in [2.24, 2.45) is 5.73 Å². The first-order chi connectivity index (χ1) is 7.18. The third kappa shape index (κ3) is 1.71. The van der Waals surface area contributed by atoms with Gasteiger partial charge in [0.25, 0.3) is 0 Å². The number of nitrogens with two attached hydrogens (primary N) is 1. The average molecular weight is 203 g/mol. The molecular weight excluding hydrogens is 194 g/mol. The van der Waals surface area contributed by atoms with Gasteiger partial charge in [0.15, 0.2) is 0 Å². The predicted octanol–water partition coefficient (Wildman–Crippen LogP) is 1.14. The summed E-state index contributed by atoms with van der Waals surface area (Å²) >= 11 is 0. The molecule has 2 N–H and O–H groups in total. The third-order valence-electron chi connectivity index (χ3n) is 1.96. The molecule has 0 radical (unpaired) electrons. The molecule has 0 aliphatic carbocycles. The van der Waals surface area contributed by atoms with Gasteiger partial charge in [0.05, 0.1) is 5.56 Å². The number of primary amides is 1. The molecule has 0 saturated carbocycles. The minimum absolute atomic E-state index is 0.377. The van der Waals surface area contributed by atoms with Crippen LogP contribution in [-0.2, 0) is 0 Å². The lowest BCUT2D eigenvalue weighted by atomic mass is 10.1. The van der Waals surface area contributed by atoms with Crippen molar-refractivity contribution in [3.05, 3.63) is 35.7 Å². The Morgan fingerprint density at radius 1 is 1.40 bits per heavy atom. The second-order valence-electron chi connectivity index (χ2n) is 3.05. The molecule has 0 spiro atoms. The number of carbonyl (C=O) groups excluding carboxylic acids is 1. The number of aryl methyl sites for hydroxylation is 1. The number of hydrogen-bond donors (Lipinski definition) is 1. The predicted molar refractivity (Wildman–Crippen MR) is 53.0 cm³/mol. The van der Waals surface area contributed by atoms with Crippen LogP contribution in [0.2, 0.25) is 0 Å². The van der Waals surface area contributed by atoms with Gasteiger partial charge in [-0.3, -0.25) is 4.79 Å². The van der Waals surface area contributed by atoms with E-state index in [0.29, 0.717) is 22.8 Å². The smallest absolute Gasteiger partial charge is 0.249 e. The first kappa shape index (κ1) is 9.39. The molecule has 76 valence electrons. The molecule has 0 fully saturated rings. The first-order valence-corrected chi connectivity index (χ1v) is 4.38. The standard InChI is InChI=1S/C10H9N3O2/c1-6-12-10(13-15-6)8-5-3-2-4-7(8)9(11)14/h2-5H,1H3,(H2,11,14). The molecule has 0 aliphatic rings. The Kier molecular flexibility index (Phi) is 2.21. The van der Waals surface area contributed by atoms with Crippen molar-refractivity contribution in [3.63, 3.8) is 0 Å². The fraction of sp³-hybridized carbons (Fsp3) is 0.100. The van der Waals surface area contributed by atoms with Crippen molar-refractivity contribution < 1.29 is 9.32 Å². The minimum Gasteiger partial charge on any atom is -0.366 e. The van der Waals surface area contributed by atoms with E-state index in [9.17, 15) is 4.79 Å². The van der Waals surface area contributed by atoms with Gasteiger partial charge in [0, 0.05) is 12.5 Å². The van der Waals surface area contributed by atoms with Gasteiger partial charge < -0.3 is 10.3 Å². The second kappa shape index (κ2) is 3.53. The molecule has 1 aromatic heterocycles. The summed E-state index contributed by atoms with van der Waals surface area (Å²) < 4.78 is 4.84. The number of aromatic nitrogens is 2. The molecule has 2 rings (SSSR count). The molecule has 5 heteroatoms. The highest BCUT2D eigenvalue weighted by Gasteiger charge is 2.13. The lowest BCUT2D eigenvalue weighted by Gasteiger charge is -2.00.